The molecular formula is C24H32N6O. The Labute approximate surface area is 185 Å². The summed E-state index contributed by atoms with van der Waals surface area (Å²) in [6.45, 7) is 11.3. The van der Waals surface area contributed by atoms with Crippen molar-refractivity contribution in [1.29, 1.82) is 0 Å². The molecule has 0 N–H and O–H groups in total. The van der Waals surface area contributed by atoms with Crippen LogP contribution in [0.4, 0.5) is 11.8 Å². The minimum Gasteiger partial charge on any atom is -0.365 e. The van der Waals surface area contributed by atoms with Crippen LogP contribution < -0.4 is 9.80 Å². The molecule has 0 radical (unpaired) electrons. The van der Waals surface area contributed by atoms with Gasteiger partial charge in [0.15, 0.2) is 0 Å². The van der Waals surface area contributed by atoms with Gasteiger partial charge in [-0.15, -0.1) is 0 Å². The summed E-state index contributed by atoms with van der Waals surface area (Å²) in [6, 6.07) is 8.09. The van der Waals surface area contributed by atoms with E-state index in [4.69, 9.17) is 4.74 Å². The van der Waals surface area contributed by atoms with Crippen molar-refractivity contribution in [2.24, 2.45) is 0 Å². The number of aromatic nitrogens is 3. The predicted octanol–water partition coefficient (Wildman–Crippen LogP) is 2.30. The van der Waals surface area contributed by atoms with Gasteiger partial charge in [-0.3, -0.25) is 4.90 Å². The van der Waals surface area contributed by atoms with Crippen molar-refractivity contribution in [2.75, 3.05) is 62.2 Å². The topological polar surface area (TPSA) is 57.6 Å². The van der Waals surface area contributed by atoms with Gasteiger partial charge in [0.05, 0.1) is 12.6 Å². The minimum absolute atomic E-state index is 0.276. The molecule has 164 valence electrons. The maximum Gasteiger partial charge on any atom is 0.225 e. The van der Waals surface area contributed by atoms with Crippen LogP contribution in [0.1, 0.15) is 24.2 Å². The molecule has 2 fully saturated rings. The number of piperidine rings is 1. The fourth-order valence-electron chi connectivity index (χ4n) is 4.13. The van der Waals surface area contributed by atoms with E-state index in [0.29, 0.717) is 6.61 Å². The minimum atomic E-state index is 0.276. The van der Waals surface area contributed by atoms with E-state index in [-0.39, 0.29) is 6.10 Å². The molecule has 2 aliphatic rings. The zero-order chi connectivity index (χ0) is 21.5. The predicted molar refractivity (Wildman–Crippen MR) is 123 cm³/mol. The Balaban J connectivity index is 1.12. The second-order valence-corrected chi connectivity index (χ2v) is 8.25. The van der Waals surface area contributed by atoms with E-state index < -0.39 is 0 Å². The average molecular weight is 421 g/mol. The summed E-state index contributed by atoms with van der Waals surface area (Å²) >= 11 is 0. The van der Waals surface area contributed by atoms with Crippen LogP contribution in [0.15, 0.2) is 30.5 Å². The van der Waals surface area contributed by atoms with E-state index in [1.165, 1.54) is 0 Å². The van der Waals surface area contributed by atoms with Crippen molar-refractivity contribution < 1.29 is 4.74 Å². The average Bonchev–Trinajstić information content (AvgIpc) is 2.80. The lowest BCUT2D eigenvalue weighted by Gasteiger charge is -2.34. The molecule has 0 atom stereocenters. The maximum absolute atomic E-state index is 6.00. The van der Waals surface area contributed by atoms with Crippen molar-refractivity contribution >= 4 is 11.8 Å². The largest absolute Gasteiger partial charge is 0.365 e. The van der Waals surface area contributed by atoms with Crippen LogP contribution in [0.3, 0.4) is 0 Å². The molecule has 2 aliphatic heterocycles. The molecule has 0 amide bonds. The molecule has 0 bridgehead atoms. The third-order valence-corrected chi connectivity index (χ3v) is 5.86. The summed E-state index contributed by atoms with van der Waals surface area (Å²) in [5, 5.41) is 0. The summed E-state index contributed by atoms with van der Waals surface area (Å²) in [7, 11) is 0. The second-order valence-electron chi connectivity index (χ2n) is 8.25. The molecule has 0 saturated carbocycles. The Morgan fingerprint density at radius 1 is 0.935 bits per heavy atom. The number of hydrogen-bond acceptors (Lipinski definition) is 7. The highest BCUT2D eigenvalue weighted by Gasteiger charge is 2.21. The first kappa shape index (κ1) is 21.5. The summed E-state index contributed by atoms with van der Waals surface area (Å²) in [5.74, 6) is 8.40. The molecule has 4 rings (SSSR count). The third kappa shape index (κ3) is 6.16. The zero-order valence-electron chi connectivity index (χ0n) is 18.6. The number of anilines is 2. The fraction of sp³-hybridized carbons (Fsp3) is 0.542. The Morgan fingerprint density at radius 3 is 2.35 bits per heavy atom. The summed E-state index contributed by atoms with van der Waals surface area (Å²) < 4.78 is 6.00. The normalized spacial score (nSPS) is 18.0. The summed E-state index contributed by atoms with van der Waals surface area (Å²) in [6.07, 6.45) is 4.12. The van der Waals surface area contributed by atoms with Gasteiger partial charge < -0.3 is 14.5 Å². The fourth-order valence-corrected chi connectivity index (χ4v) is 4.13. The number of aryl methyl sites for hydroxylation is 2. The van der Waals surface area contributed by atoms with E-state index in [9.17, 15) is 0 Å². The lowest BCUT2D eigenvalue weighted by Crippen LogP contribution is -2.46. The van der Waals surface area contributed by atoms with E-state index in [1.807, 2.05) is 38.2 Å². The van der Waals surface area contributed by atoms with Crippen LogP contribution >= 0.6 is 0 Å². The van der Waals surface area contributed by atoms with E-state index >= 15 is 0 Å². The Bertz CT molecular complexity index is 873. The number of ether oxygens (including phenoxy) is 1. The van der Waals surface area contributed by atoms with Gasteiger partial charge >= 0.3 is 0 Å². The lowest BCUT2D eigenvalue weighted by atomic mass is 10.1. The molecular weight excluding hydrogens is 388 g/mol. The van der Waals surface area contributed by atoms with Crippen molar-refractivity contribution in [2.45, 2.75) is 32.8 Å². The first-order valence-electron chi connectivity index (χ1n) is 11.2. The molecule has 2 saturated heterocycles. The van der Waals surface area contributed by atoms with Crippen LogP contribution in [-0.4, -0.2) is 78.4 Å². The molecule has 0 aliphatic carbocycles. The van der Waals surface area contributed by atoms with Crippen LogP contribution in [0.25, 0.3) is 0 Å². The second kappa shape index (κ2) is 10.6. The Kier molecular flexibility index (Phi) is 7.34. The molecule has 31 heavy (non-hydrogen) atoms. The SMILES string of the molecule is Cc1cc(C)nc(N2CCC(OCC#CCN3CCN(c4ccccn4)CC3)CC2)n1. The number of pyridine rings is 1. The molecule has 7 heteroatoms. The van der Waals surface area contributed by atoms with Crippen LogP contribution in [0, 0.1) is 25.7 Å². The molecule has 0 spiro atoms. The monoisotopic (exact) mass is 420 g/mol. The van der Waals surface area contributed by atoms with Crippen molar-refractivity contribution in [3.8, 4) is 11.8 Å². The molecule has 2 aromatic rings. The Hall–Kier alpha value is -2.69. The van der Waals surface area contributed by atoms with Gasteiger partial charge in [0.2, 0.25) is 5.95 Å². The standard InChI is InChI=1S/C24H32N6O/c1-20-19-21(2)27-24(26-20)30-12-8-22(9-13-30)31-18-6-5-11-28-14-16-29(17-15-28)23-7-3-4-10-25-23/h3-4,7,10,19,22H,8-9,11-18H2,1-2H3. The highest BCUT2D eigenvalue weighted by atomic mass is 16.5. The van der Waals surface area contributed by atoms with Crippen molar-refractivity contribution in [3.05, 3.63) is 41.9 Å². The number of piperazine rings is 1. The zero-order valence-corrected chi connectivity index (χ0v) is 18.6. The van der Waals surface area contributed by atoms with E-state index in [0.717, 1.165) is 81.8 Å². The van der Waals surface area contributed by atoms with Crippen LogP contribution in [0.2, 0.25) is 0 Å². The smallest absolute Gasteiger partial charge is 0.225 e. The van der Waals surface area contributed by atoms with Gasteiger partial charge in [-0.1, -0.05) is 17.9 Å². The van der Waals surface area contributed by atoms with Gasteiger partial charge in [0, 0.05) is 56.9 Å². The summed E-state index contributed by atoms with van der Waals surface area (Å²) in [5.41, 5.74) is 2.04. The van der Waals surface area contributed by atoms with Gasteiger partial charge in [-0.05, 0) is 44.9 Å². The number of rotatable bonds is 5. The number of nitrogens with zero attached hydrogens (tertiary/aromatic N) is 6. The highest BCUT2D eigenvalue weighted by molar-refractivity contribution is 5.38. The lowest BCUT2D eigenvalue weighted by molar-refractivity contribution is 0.0592. The third-order valence-electron chi connectivity index (χ3n) is 5.86. The molecule has 0 unspecified atom stereocenters. The first-order chi connectivity index (χ1) is 15.2. The first-order valence-corrected chi connectivity index (χ1v) is 11.2. The van der Waals surface area contributed by atoms with Gasteiger partial charge in [0.1, 0.15) is 12.4 Å². The molecule has 4 heterocycles. The van der Waals surface area contributed by atoms with Crippen LogP contribution in [0.5, 0.6) is 0 Å². The van der Waals surface area contributed by atoms with Crippen molar-refractivity contribution in [3.63, 3.8) is 0 Å². The molecule has 7 nitrogen and oxygen atoms in total. The van der Waals surface area contributed by atoms with E-state index in [2.05, 4.69) is 47.6 Å². The molecule has 0 aromatic carbocycles. The number of hydrogen-bond donors (Lipinski definition) is 0. The van der Waals surface area contributed by atoms with Crippen LogP contribution in [-0.2, 0) is 4.74 Å². The Morgan fingerprint density at radius 2 is 1.68 bits per heavy atom. The van der Waals surface area contributed by atoms with Gasteiger partial charge in [0.25, 0.3) is 0 Å². The van der Waals surface area contributed by atoms with E-state index in [1.54, 1.807) is 0 Å². The quantitative estimate of drug-likeness (QED) is 0.688. The van der Waals surface area contributed by atoms with Gasteiger partial charge in [-0.2, -0.15) is 0 Å². The summed E-state index contributed by atoms with van der Waals surface area (Å²) in [4.78, 5) is 20.6. The van der Waals surface area contributed by atoms with Gasteiger partial charge in [-0.25, -0.2) is 15.0 Å². The van der Waals surface area contributed by atoms with Crippen molar-refractivity contribution in [1.82, 2.24) is 19.9 Å². The molecule has 2 aromatic heterocycles. The highest BCUT2D eigenvalue weighted by Crippen LogP contribution is 2.19. The maximum atomic E-state index is 6.00.